The Morgan fingerprint density at radius 1 is 1.21 bits per heavy atom. The van der Waals surface area contributed by atoms with Gasteiger partial charge >= 0.3 is 0 Å². The molecule has 1 unspecified atom stereocenters. The topological polar surface area (TPSA) is 50.8 Å². The summed E-state index contributed by atoms with van der Waals surface area (Å²) in [5, 5.41) is 3.12. The number of benzene rings is 1. The van der Waals surface area contributed by atoms with Gasteiger partial charge in [-0.25, -0.2) is 0 Å². The minimum atomic E-state index is -0.0260. The van der Waals surface area contributed by atoms with Gasteiger partial charge < -0.3 is 14.8 Å². The number of nitrogens with one attached hydrogen (secondary N) is 1. The van der Waals surface area contributed by atoms with Crippen molar-refractivity contribution < 1.29 is 14.3 Å². The zero-order chi connectivity index (χ0) is 17.4. The number of nitrogens with zero attached hydrogens (tertiary/aromatic N) is 1. The number of carbonyl (C=O) groups is 1. The quantitative estimate of drug-likeness (QED) is 0.794. The number of hydrogen-bond acceptors (Lipinski definition) is 4. The lowest BCUT2D eigenvalue weighted by Gasteiger charge is -2.38. The largest absolute Gasteiger partial charge is 0.497 e. The maximum atomic E-state index is 12.4. The van der Waals surface area contributed by atoms with Gasteiger partial charge in [-0.3, -0.25) is 9.69 Å². The highest BCUT2D eigenvalue weighted by Crippen LogP contribution is 2.20. The molecular weight excluding hydrogens is 304 g/mol. The van der Waals surface area contributed by atoms with Gasteiger partial charge in [0.2, 0.25) is 0 Å². The summed E-state index contributed by atoms with van der Waals surface area (Å²) in [5.74, 6) is 1.32. The number of methoxy groups -OCH3 is 1. The Balaban J connectivity index is 1.98. The fraction of sp³-hybridized carbons (Fsp3) is 0.632. The smallest absolute Gasteiger partial charge is 0.251 e. The Bertz CT molecular complexity index is 494. The Labute approximate surface area is 145 Å². The van der Waals surface area contributed by atoms with E-state index in [1.54, 1.807) is 19.2 Å². The Hall–Kier alpha value is -1.59. The van der Waals surface area contributed by atoms with E-state index in [4.69, 9.17) is 9.47 Å². The number of carbonyl (C=O) groups excluding carboxylic acids is 1. The second kappa shape index (κ2) is 9.64. The summed E-state index contributed by atoms with van der Waals surface area (Å²) in [7, 11) is 1.62. The molecular formula is C19H30N2O3. The lowest BCUT2D eigenvalue weighted by atomic mass is 9.92. The van der Waals surface area contributed by atoms with Crippen LogP contribution in [0, 0.1) is 5.92 Å². The van der Waals surface area contributed by atoms with Crippen LogP contribution in [0.4, 0.5) is 0 Å². The molecule has 5 heteroatoms. The van der Waals surface area contributed by atoms with Crippen molar-refractivity contribution in [2.45, 2.75) is 32.7 Å². The van der Waals surface area contributed by atoms with Gasteiger partial charge in [0.05, 0.1) is 20.3 Å². The van der Waals surface area contributed by atoms with Crippen LogP contribution in [-0.2, 0) is 4.74 Å². The summed E-state index contributed by atoms with van der Waals surface area (Å²) < 4.78 is 10.6. The number of rotatable bonds is 8. The predicted molar refractivity (Wildman–Crippen MR) is 95.6 cm³/mol. The van der Waals surface area contributed by atoms with Gasteiger partial charge in [0.1, 0.15) is 5.75 Å². The minimum Gasteiger partial charge on any atom is -0.497 e. The standard InChI is InChI=1S/C19H30N2O3/c1-4-15(5-2)18(21-10-12-24-13-11-21)14-20-19(22)16-6-8-17(23-3)9-7-16/h6-9,15,18H,4-5,10-14H2,1-3H3,(H,20,22). The van der Waals surface area contributed by atoms with E-state index in [0.717, 1.165) is 44.9 Å². The van der Waals surface area contributed by atoms with E-state index in [0.29, 0.717) is 24.1 Å². The van der Waals surface area contributed by atoms with Gasteiger partial charge in [0.15, 0.2) is 0 Å². The SMILES string of the molecule is CCC(CC)C(CNC(=O)c1ccc(OC)cc1)N1CCOCC1. The molecule has 1 fully saturated rings. The highest BCUT2D eigenvalue weighted by Gasteiger charge is 2.27. The molecule has 0 aromatic heterocycles. The van der Waals surface area contributed by atoms with E-state index in [-0.39, 0.29) is 5.91 Å². The maximum Gasteiger partial charge on any atom is 0.251 e. The average molecular weight is 334 g/mol. The summed E-state index contributed by atoms with van der Waals surface area (Å²) in [6.07, 6.45) is 2.24. The van der Waals surface area contributed by atoms with Gasteiger partial charge in [-0.05, 0) is 30.2 Å². The monoisotopic (exact) mass is 334 g/mol. The fourth-order valence-electron chi connectivity index (χ4n) is 3.38. The van der Waals surface area contributed by atoms with Crippen LogP contribution in [0.1, 0.15) is 37.0 Å². The van der Waals surface area contributed by atoms with Crippen molar-refractivity contribution in [2.24, 2.45) is 5.92 Å². The van der Waals surface area contributed by atoms with Crippen molar-refractivity contribution in [1.29, 1.82) is 0 Å². The van der Waals surface area contributed by atoms with Crippen molar-refractivity contribution in [1.82, 2.24) is 10.2 Å². The van der Waals surface area contributed by atoms with Crippen LogP contribution in [0.5, 0.6) is 5.75 Å². The van der Waals surface area contributed by atoms with E-state index in [9.17, 15) is 4.79 Å². The third-order valence-electron chi connectivity index (χ3n) is 4.93. The second-order valence-corrected chi connectivity index (χ2v) is 6.23. The average Bonchev–Trinajstić information content (AvgIpc) is 2.65. The van der Waals surface area contributed by atoms with Crippen LogP contribution in [0.15, 0.2) is 24.3 Å². The minimum absolute atomic E-state index is 0.0260. The van der Waals surface area contributed by atoms with Crippen LogP contribution in [0.3, 0.4) is 0 Å². The zero-order valence-electron chi connectivity index (χ0n) is 15.1. The molecule has 1 aliphatic heterocycles. The third kappa shape index (κ3) is 4.95. The van der Waals surface area contributed by atoms with Crippen LogP contribution < -0.4 is 10.1 Å². The van der Waals surface area contributed by atoms with Crippen LogP contribution >= 0.6 is 0 Å². The molecule has 0 spiro atoms. The summed E-state index contributed by atoms with van der Waals surface area (Å²) in [4.78, 5) is 14.9. The van der Waals surface area contributed by atoms with Gasteiger partial charge in [-0.15, -0.1) is 0 Å². The van der Waals surface area contributed by atoms with Gasteiger partial charge in [-0.2, -0.15) is 0 Å². The van der Waals surface area contributed by atoms with E-state index >= 15 is 0 Å². The first kappa shape index (κ1) is 18.7. The lowest BCUT2D eigenvalue weighted by molar-refractivity contribution is 0.00191. The summed E-state index contributed by atoms with van der Waals surface area (Å²) >= 11 is 0. The Kier molecular flexibility index (Phi) is 7.53. The molecule has 1 aliphatic rings. The molecule has 1 heterocycles. The number of hydrogen-bond donors (Lipinski definition) is 1. The predicted octanol–water partition coefficient (Wildman–Crippen LogP) is 2.56. The molecule has 5 nitrogen and oxygen atoms in total. The first-order valence-corrected chi connectivity index (χ1v) is 8.93. The molecule has 0 saturated carbocycles. The molecule has 24 heavy (non-hydrogen) atoms. The molecule has 1 aromatic carbocycles. The molecule has 1 amide bonds. The molecule has 0 radical (unpaired) electrons. The van der Waals surface area contributed by atoms with Gasteiger partial charge in [0.25, 0.3) is 5.91 Å². The Morgan fingerprint density at radius 3 is 2.38 bits per heavy atom. The van der Waals surface area contributed by atoms with E-state index in [2.05, 4.69) is 24.1 Å². The molecule has 1 atom stereocenters. The number of morpholine rings is 1. The molecule has 2 rings (SSSR count). The highest BCUT2D eigenvalue weighted by molar-refractivity contribution is 5.94. The Morgan fingerprint density at radius 2 is 1.83 bits per heavy atom. The van der Waals surface area contributed by atoms with Gasteiger partial charge in [0, 0.05) is 31.2 Å². The van der Waals surface area contributed by atoms with Crippen LogP contribution in [0.2, 0.25) is 0 Å². The normalized spacial score (nSPS) is 16.8. The fourth-order valence-corrected chi connectivity index (χ4v) is 3.38. The highest BCUT2D eigenvalue weighted by atomic mass is 16.5. The summed E-state index contributed by atoms with van der Waals surface area (Å²) in [6.45, 7) is 8.59. The lowest BCUT2D eigenvalue weighted by Crippen LogP contribution is -2.52. The van der Waals surface area contributed by atoms with Crippen molar-refractivity contribution in [3.8, 4) is 5.75 Å². The van der Waals surface area contributed by atoms with Crippen molar-refractivity contribution in [2.75, 3.05) is 40.0 Å². The van der Waals surface area contributed by atoms with E-state index < -0.39 is 0 Å². The van der Waals surface area contributed by atoms with Crippen molar-refractivity contribution in [3.05, 3.63) is 29.8 Å². The second-order valence-electron chi connectivity index (χ2n) is 6.23. The summed E-state index contributed by atoms with van der Waals surface area (Å²) in [5.41, 5.74) is 0.668. The van der Waals surface area contributed by atoms with Gasteiger partial charge in [-0.1, -0.05) is 26.7 Å². The molecule has 1 saturated heterocycles. The number of amides is 1. The molecule has 1 aromatic rings. The molecule has 0 bridgehead atoms. The molecule has 0 aliphatic carbocycles. The van der Waals surface area contributed by atoms with Crippen LogP contribution in [0.25, 0.3) is 0 Å². The third-order valence-corrected chi connectivity index (χ3v) is 4.93. The van der Waals surface area contributed by atoms with E-state index in [1.807, 2.05) is 12.1 Å². The van der Waals surface area contributed by atoms with E-state index in [1.165, 1.54) is 0 Å². The zero-order valence-corrected chi connectivity index (χ0v) is 15.1. The first-order chi connectivity index (χ1) is 11.7. The molecule has 1 N–H and O–H groups in total. The first-order valence-electron chi connectivity index (χ1n) is 8.93. The summed E-state index contributed by atoms with van der Waals surface area (Å²) in [6, 6.07) is 7.60. The van der Waals surface area contributed by atoms with Crippen molar-refractivity contribution >= 4 is 5.91 Å². The van der Waals surface area contributed by atoms with Crippen LogP contribution in [-0.4, -0.2) is 56.8 Å². The number of ether oxygens (including phenoxy) is 2. The van der Waals surface area contributed by atoms with Crippen molar-refractivity contribution in [3.63, 3.8) is 0 Å². The molecule has 134 valence electrons. The maximum absolute atomic E-state index is 12.4.